The van der Waals surface area contributed by atoms with Gasteiger partial charge in [-0.25, -0.2) is 9.18 Å². The molecular weight excluding hydrogens is 281 g/mol. The predicted octanol–water partition coefficient (Wildman–Crippen LogP) is 3.83. The zero-order valence-electron chi connectivity index (χ0n) is 10.6. The van der Waals surface area contributed by atoms with Crippen molar-refractivity contribution in [1.82, 2.24) is 0 Å². The van der Waals surface area contributed by atoms with E-state index in [1.165, 1.54) is 6.07 Å². The van der Waals surface area contributed by atoms with E-state index in [2.05, 4.69) is 5.32 Å². The zero-order valence-corrected chi connectivity index (χ0v) is 11.3. The van der Waals surface area contributed by atoms with Gasteiger partial charge >= 0.3 is 5.97 Å². The van der Waals surface area contributed by atoms with Crippen LogP contribution in [0, 0.1) is 5.82 Å². The van der Waals surface area contributed by atoms with E-state index in [1.54, 1.807) is 18.2 Å². The Morgan fingerprint density at radius 3 is 2.55 bits per heavy atom. The van der Waals surface area contributed by atoms with E-state index in [0.717, 1.165) is 11.6 Å². The minimum absolute atomic E-state index is 0.284. The van der Waals surface area contributed by atoms with Crippen LogP contribution in [-0.2, 0) is 6.42 Å². The second-order valence-corrected chi connectivity index (χ2v) is 4.71. The van der Waals surface area contributed by atoms with Crippen LogP contribution < -0.4 is 5.32 Å². The molecule has 2 rings (SSSR count). The van der Waals surface area contributed by atoms with Crippen LogP contribution in [0.1, 0.15) is 15.9 Å². The molecule has 0 aliphatic heterocycles. The van der Waals surface area contributed by atoms with Gasteiger partial charge in [-0.3, -0.25) is 0 Å². The highest BCUT2D eigenvalue weighted by Crippen LogP contribution is 2.19. The average Bonchev–Trinajstić information content (AvgIpc) is 2.40. The van der Waals surface area contributed by atoms with Gasteiger partial charge in [-0.15, -0.1) is 0 Å². The van der Waals surface area contributed by atoms with Gasteiger partial charge in [-0.1, -0.05) is 29.8 Å². The van der Waals surface area contributed by atoms with Gasteiger partial charge in [0, 0.05) is 11.6 Å². The average molecular weight is 294 g/mol. The smallest absolute Gasteiger partial charge is 0.340 e. The monoisotopic (exact) mass is 293 g/mol. The Hall–Kier alpha value is -2.07. The molecule has 0 amide bonds. The van der Waals surface area contributed by atoms with Crippen LogP contribution in [0.4, 0.5) is 10.1 Å². The fourth-order valence-electron chi connectivity index (χ4n) is 1.88. The quantitative estimate of drug-likeness (QED) is 0.881. The first-order valence-corrected chi connectivity index (χ1v) is 6.46. The molecule has 2 aromatic rings. The Morgan fingerprint density at radius 1 is 1.20 bits per heavy atom. The molecule has 0 aliphatic rings. The van der Waals surface area contributed by atoms with Crippen LogP contribution in [-0.4, -0.2) is 17.6 Å². The topological polar surface area (TPSA) is 49.3 Å². The molecule has 0 radical (unpaired) electrons. The van der Waals surface area contributed by atoms with Gasteiger partial charge < -0.3 is 10.4 Å². The van der Waals surface area contributed by atoms with Gasteiger partial charge in [-0.05, 0) is 36.2 Å². The molecule has 0 aliphatic carbocycles. The molecule has 0 saturated carbocycles. The van der Waals surface area contributed by atoms with E-state index >= 15 is 0 Å². The van der Waals surface area contributed by atoms with E-state index in [1.807, 2.05) is 12.1 Å². The molecule has 0 saturated heterocycles. The fourth-order valence-corrected chi connectivity index (χ4v) is 2.01. The maximum absolute atomic E-state index is 13.5. The number of carboxylic acids is 1. The van der Waals surface area contributed by atoms with Gasteiger partial charge in [0.15, 0.2) is 0 Å². The van der Waals surface area contributed by atoms with Crippen LogP contribution in [0.15, 0.2) is 42.5 Å². The number of benzene rings is 2. The number of halogens is 2. The first-order valence-electron chi connectivity index (χ1n) is 6.08. The van der Waals surface area contributed by atoms with Crippen molar-refractivity contribution in [2.45, 2.75) is 6.42 Å². The molecule has 0 atom stereocenters. The van der Waals surface area contributed by atoms with Gasteiger partial charge in [0.25, 0.3) is 0 Å². The molecule has 0 fully saturated rings. The number of hydrogen-bond acceptors (Lipinski definition) is 2. The van der Waals surface area contributed by atoms with Crippen LogP contribution in [0.3, 0.4) is 0 Å². The number of hydrogen-bond donors (Lipinski definition) is 2. The summed E-state index contributed by atoms with van der Waals surface area (Å²) in [6, 6.07) is 11.5. The van der Waals surface area contributed by atoms with Crippen molar-refractivity contribution in [2.75, 3.05) is 11.9 Å². The van der Waals surface area contributed by atoms with Gasteiger partial charge in [0.1, 0.15) is 11.4 Å². The first-order chi connectivity index (χ1) is 9.58. The van der Waals surface area contributed by atoms with Crippen molar-refractivity contribution in [3.05, 3.63) is 64.4 Å². The van der Waals surface area contributed by atoms with Crippen LogP contribution in [0.5, 0.6) is 0 Å². The maximum atomic E-state index is 13.5. The minimum atomic E-state index is -1.28. The van der Waals surface area contributed by atoms with Crippen molar-refractivity contribution in [1.29, 1.82) is 0 Å². The third-order valence-electron chi connectivity index (χ3n) is 2.87. The fraction of sp³-hybridized carbons (Fsp3) is 0.133. The lowest BCUT2D eigenvalue weighted by atomic mass is 10.1. The Kier molecular flexibility index (Phi) is 4.58. The van der Waals surface area contributed by atoms with Crippen LogP contribution in [0.25, 0.3) is 0 Å². The van der Waals surface area contributed by atoms with Gasteiger partial charge in [0.05, 0.1) is 5.69 Å². The van der Waals surface area contributed by atoms with E-state index in [4.69, 9.17) is 16.7 Å². The molecule has 2 aromatic carbocycles. The molecule has 3 nitrogen and oxygen atoms in total. The number of rotatable bonds is 5. The summed E-state index contributed by atoms with van der Waals surface area (Å²) in [6.45, 7) is 0.505. The Morgan fingerprint density at radius 2 is 1.90 bits per heavy atom. The second-order valence-electron chi connectivity index (χ2n) is 4.27. The highest BCUT2D eigenvalue weighted by Gasteiger charge is 2.14. The van der Waals surface area contributed by atoms with Crippen molar-refractivity contribution >= 4 is 23.3 Å². The van der Waals surface area contributed by atoms with E-state index in [9.17, 15) is 9.18 Å². The standard InChI is InChI=1S/C15H13ClFNO2/c16-11-6-4-10(5-7-11)8-9-18-13-3-1-2-12(17)14(13)15(19)20/h1-7,18H,8-9H2,(H,19,20). The molecule has 0 bridgehead atoms. The summed E-state index contributed by atoms with van der Waals surface area (Å²) >= 11 is 5.79. The first kappa shape index (κ1) is 14.3. The van der Waals surface area contributed by atoms with Crippen LogP contribution in [0.2, 0.25) is 5.02 Å². The molecule has 0 aromatic heterocycles. The Balaban J connectivity index is 2.02. The summed E-state index contributed by atoms with van der Waals surface area (Å²) in [5.74, 6) is -2.02. The molecular formula is C15H13ClFNO2. The normalized spacial score (nSPS) is 10.3. The summed E-state index contributed by atoms with van der Waals surface area (Å²) in [5.41, 5.74) is 1.02. The lowest BCUT2D eigenvalue weighted by Gasteiger charge is -2.10. The minimum Gasteiger partial charge on any atom is -0.478 e. The molecule has 20 heavy (non-hydrogen) atoms. The van der Waals surface area contributed by atoms with Crippen LogP contribution >= 0.6 is 11.6 Å². The molecule has 0 unspecified atom stereocenters. The maximum Gasteiger partial charge on any atom is 0.340 e. The SMILES string of the molecule is O=C(O)c1c(F)cccc1NCCc1ccc(Cl)cc1. The Bertz CT molecular complexity index is 614. The van der Waals surface area contributed by atoms with Gasteiger partial charge in [-0.2, -0.15) is 0 Å². The third kappa shape index (κ3) is 3.48. The van der Waals surface area contributed by atoms with Crippen molar-refractivity contribution in [3.63, 3.8) is 0 Å². The molecule has 5 heteroatoms. The van der Waals surface area contributed by atoms with E-state index in [0.29, 0.717) is 18.0 Å². The molecule has 0 spiro atoms. The number of carbonyl (C=O) groups is 1. The summed E-state index contributed by atoms with van der Waals surface area (Å²) in [7, 11) is 0. The zero-order chi connectivity index (χ0) is 14.5. The van der Waals surface area contributed by atoms with Gasteiger partial charge in [0.2, 0.25) is 0 Å². The Labute approximate surface area is 121 Å². The van der Waals surface area contributed by atoms with Crippen molar-refractivity contribution < 1.29 is 14.3 Å². The number of carboxylic acid groups (broad SMARTS) is 1. The molecule has 2 N–H and O–H groups in total. The number of anilines is 1. The van der Waals surface area contributed by atoms with Crippen molar-refractivity contribution in [3.8, 4) is 0 Å². The highest BCUT2D eigenvalue weighted by molar-refractivity contribution is 6.30. The largest absolute Gasteiger partial charge is 0.478 e. The molecule has 104 valence electrons. The lowest BCUT2D eigenvalue weighted by Crippen LogP contribution is -2.11. The lowest BCUT2D eigenvalue weighted by molar-refractivity contribution is 0.0693. The number of aromatic carboxylic acids is 1. The van der Waals surface area contributed by atoms with Crippen molar-refractivity contribution in [2.24, 2.45) is 0 Å². The van der Waals surface area contributed by atoms with E-state index in [-0.39, 0.29) is 11.3 Å². The second kappa shape index (κ2) is 6.39. The van der Waals surface area contributed by atoms with E-state index < -0.39 is 11.8 Å². The highest BCUT2D eigenvalue weighted by atomic mass is 35.5. The summed E-state index contributed by atoms with van der Waals surface area (Å²) in [6.07, 6.45) is 0.687. The summed E-state index contributed by atoms with van der Waals surface area (Å²) in [4.78, 5) is 11.0. The number of nitrogens with one attached hydrogen (secondary N) is 1. The predicted molar refractivity (Wildman–Crippen MR) is 77.0 cm³/mol. The third-order valence-corrected chi connectivity index (χ3v) is 3.12. The summed E-state index contributed by atoms with van der Waals surface area (Å²) < 4.78 is 13.5. The molecule has 0 heterocycles. The summed E-state index contributed by atoms with van der Waals surface area (Å²) in [5, 5.41) is 12.6.